The van der Waals surface area contributed by atoms with Crippen LogP contribution in [-0.4, -0.2) is 62.8 Å². The van der Waals surface area contributed by atoms with E-state index in [0.717, 1.165) is 11.5 Å². The zero-order chi connectivity index (χ0) is 25.4. The van der Waals surface area contributed by atoms with Crippen LogP contribution in [0.5, 0.6) is 23.0 Å². The van der Waals surface area contributed by atoms with Crippen molar-refractivity contribution in [1.29, 1.82) is 0 Å². The Hall–Kier alpha value is -3.42. The van der Waals surface area contributed by atoms with Crippen molar-refractivity contribution >= 4 is 11.8 Å². The second-order valence-electron chi connectivity index (χ2n) is 8.82. The summed E-state index contributed by atoms with van der Waals surface area (Å²) in [7, 11) is 3.05. The van der Waals surface area contributed by atoms with Crippen LogP contribution >= 0.6 is 0 Å². The van der Waals surface area contributed by atoms with Gasteiger partial charge in [0.1, 0.15) is 23.6 Å². The van der Waals surface area contributed by atoms with Crippen molar-refractivity contribution < 1.29 is 28.5 Å². The van der Waals surface area contributed by atoms with Crippen LogP contribution in [0.4, 0.5) is 0 Å². The molecule has 1 unspecified atom stereocenters. The fraction of sp³-hybridized carbons (Fsp3) is 0.481. The average Bonchev–Trinajstić information content (AvgIpc) is 2.88. The van der Waals surface area contributed by atoms with E-state index in [2.05, 4.69) is 5.32 Å². The van der Waals surface area contributed by atoms with Gasteiger partial charge in [0.25, 0.3) is 5.91 Å². The lowest BCUT2D eigenvalue weighted by molar-refractivity contribution is -0.136. The quantitative estimate of drug-likeness (QED) is 0.550. The summed E-state index contributed by atoms with van der Waals surface area (Å²) in [6.45, 7) is 7.48. The predicted octanol–water partition coefficient (Wildman–Crippen LogP) is 3.93. The molecule has 1 atom stereocenters. The Kier molecular flexibility index (Phi) is 9.23. The zero-order valence-electron chi connectivity index (χ0n) is 21.2. The minimum atomic E-state index is -0.643. The molecule has 190 valence electrons. The lowest BCUT2D eigenvalue weighted by atomic mass is 9.99. The molecule has 1 saturated heterocycles. The Balaban J connectivity index is 1.62. The van der Waals surface area contributed by atoms with E-state index >= 15 is 0 Å². The van der Waals surface area contributed by atoms with E-state index in [1.54, 1.807) is 18.2 Å². The normalized spacial score (nSPS) is 14.9. The van der Waals surface area contributed by atoms with Gasteiger partial charge < -0.3 is 29.2 Å². The third-order valence-corrected chi connectivity index (χ3v) is 6.03. The summed E-state index contributed by atoms with van der Waals surface area (Å²) in [5, 5.41) is 2.92. The van der Waals surface area contributed by atoms with Gasteiger partial charge in [-0.05, 0) is 37.1 Å². The molecule has 3 rings (SSSR count). The first kappa shape index (κ1) is 26.2. The molecule has 1 aliphatic heterocycles. The molecular formula is C27H36N2O6. The Bertz CT molecular complexity index is 979. The fourth-order valence-electron chi connectivity index (χ4n) is 4.07. The molecule has 35 heavy (non-hydrogen) atoms. The van der Waals surface area contributed by atoms with Crippen molar-refractivity contribution in [2.24, 2.45) is 5.92 Å². The number of carbonyl (C=O) groups is 2. The average molecular weight is 485 g/mol. The van der Waals surface area contributed by atoms with E-state index in [0.29, 0.717) is 49.6 Å². The van der Waals surface area contributed by atoms with Gasteiger partial charge in [-0.3, -0.25) is 9.59 Å². The molecule has 0 aliphatic carbocycles. The first-order valence-corrected chi connectivity index (χ1v) is 12.1. The van der Waals surface area contributed by atoms with Crippen LogP contribution in [0.25, 0.3) is 0 Å². The lowest BCUT2D eigenvalue weighted by Gasteiger charge is -2.35. The van der Waals surface area contributed by atoms with E-state index in [9.17, 15) is 9.59 Å². The maximum absolute atomic E-state index is 13.4. The number of amides is 2. The number of carbonyl (C=O) groups excluding carboxylic acids is 2. The monoisotopic (exact) mass is 484 g/mol. The smallest absolute Gasteiger partial charge is 0.252 e. The minimum absolute atomic E-state index is 0.00278. The molecule has 2 aromatic rings. The summed E-state index contributed by atoms with van der Waals surface area (Å²) in [6, 6.07) is 11.9. The van der Waals surface area contributed by atoms with Crippen LogP contribution in [0.15, 0.2) is 42.5 Å². The highest BCUT2D eigenvalue weighted by atomic mass is 16.5. The third-order valence-electron chi connectivity index (χ3n) is 6.03. The molecule has 1 aliphatic rings. The Morgan fingerprint density at radius 1 is 1.00 bits per heavy atom. The number of nitrogens with zero attached hydrogens (tertiary/aromatic N) is 1. The van der Waals surface area contributed by atoms with E-state index < -0.39 is 6.04 Å². The molecule has 0 spiro atoms. The van der Waals surface area contributed by atoms with Gasteiger partial charge in [0.2, 0.25) is 5.91 Å². The molecule has 8 nitrogen and oxygen atoms in total. The van der Waals surface area contributed by atoms with E-state index in [1.165, 1.54) is 14.2 Å². The summed E-state index contributed by atoms with van der Waals surface area (Å²) < 4.78 is 22.4. The maximum Gasteiger partial charge on any atom is 0.252 e. The first-order chi connectivity index (χ1) is 16.9. The Morgan fingerprint density at radius 2 is 1.60 bits per heavy atom. The number of piperidine rings is 1. The van der Waals surface area contributed by atoms with Crippen molar-refractivity contribution in [3.05, 3.63) is 48.0 Å². The van der Waals surface area contributed by atoms with Crippen molar-refractivity contribution in [2.45, 2.75) is 45.8 Å². The second kappa shape index (κ2) is 12.3. The van der Waals surface area contributed by atoms with Gasteiger partial charge in [0.15, 0.2) is 11.5 Å². The summed E-state index contributed by atoms with van der Waals surface area (Å²) >= 11 is 0. The molecule has 1 heterocycles. The number of nitrogens with one attached hydrogen (secondary N) is 1. The maximum atomic E-state index is 13.4. The summed E-state index contributed by atoms with van der Waals surface area (Å²) in [6.07, 6.45) is 1.41. The number of methoxy groups -OCH3 is 2. The number of likely N-dealkylation sites (tertiary alicyclic amines) is 1. The zero-order valence-corrected chi connectivity index (χ0v) is 21.2. The fourth-order valence-corrected chi connectivity index (χ4v) is 4.07. The first-order valence-electron chi connectivity index (χ1n) is 12.1. The molecule has 2 amide bonds. The highest BCUT2D eigenvalue weighted by Gasteiger charge is 2.32. The summed E-state index contributed by atoms with van der Waals surface area (Å²) in [5.74, 6) is 1.96. The summed E-state index contributed by atoms with van der Waals surface area (Å²) in [4.78, 5) is 28.2. The third kappa shape index (κ3) is 6.81. The van der Waals surface area contributed by atoms with Gasteiger partial charge in [-0.2, -0.15) is 0 Å². The molecule has 1 N–H and O–H groups in total. The van der Waals surface area contributed by atoms with Gasteiger partial charge in [-0.25, -0.2) is 0 Å². The van der Waals surface area contributed by atoms with Gasteiger partial charge in [0, 0.05) is 37.6 Å². The van der Waals surface area contributed by atoms with Crippen LogP contribution in [0.3, 0.4) is 0 Å². The molecular weight excluding hydrogens is 448 g/mol. The number of rotatable bonds is 10. The molecule has 8 heteroatoms. The highest BCUT2D eigenvalue weighted by Crippen LogP contribution is 2.29. The molecule has 0 aromatic heterocycles. The summed E-state index contributed by atoms with van der Waals surface area (Å²) in [5.41, 5.74) is 0.375. The van der Waals surface area contributed by atoms with Crippen LogP contribution in [-0.2, 0) is 4.79 Å². The van der Waals surface area contributed by atoms with Crippen LogP contribution in [0.1, 0.15) is 44.0 Å². The molecule has 0 bridgehead atoms. The number of benzene rings is 2. The Labute approximate surface area is 207 Å². The lowest BCUT2D eigenvalue weighted by Crippen LogP contribution is -2.53. The minimum Gasteiger partial charge on any atom is -0.497 e. The SMILES string of the molecule is CCOc1ccccc1OC1CCN(C(=O)C(NC(=O)c2cc(OC)cc(OC)c2)C(C)C)CC1. The van der Waals surface area contributed by atoms with E-state index in [1.807, 2.05) is 49.9 Å². The second-order valence-corrected chi connectivity index (χ2v) is 8.82. The number of para-hydroxylation sites is 2. The van der Waals surface area contributed by atoms with Gasteiger partial charge in [0.05, 0.1) is 20.8 Å². The number of hydrogen-bond donors (Lipinski definition) is 1. The largest absolute Gasteiger partial charge is 0.497 e. The van der Waals surface area contributed by atoms with Gasteiger partial charge >= 0.3 is 0 Å². The number of ether oxygens (including phenoxy) is 4. The van der Waals surface area contributed by atoms with Crippen molar-refractivity contribution in [2.75, 3.05) is 33.9 Å². The van der Waals surface area contributed by atoms with Gasteiger partial charge in [-0.1, -0.05) is 26.0 Å². The Morgan fingerprint density at radius 3 is 2.14 bits per heavy atom. The van der Waals surface area contributed by atoms with Crippen molar-refractivity contribution in [1.82, 2.24) is 10.2 Å². The molecule has 2 aromatic carbocycles. The van der Waals surface area contributed by atoms with Crippen LogP contribution < -0.4 is 24.3 Å². The predicted molar refractivity (Wildman–Crippen MR) is 133 cm³/mol. The van der Waals surface area contributed by atoms with E-state index in [-0.39, 0.29) is 23.8 Å². The van der Waals surface area contributed by atoms with Crippen molar-refractivity contribution in [3.63, 3.8) is 0 Å². The topological polar surface area (TPSA) is 86.3 Å². The molecule has 0 radical (unpaired) electrons. The van der Waals surface area contributed by atoms with Crippen LogP contribution in [0.2, 0.25) is 0 Å². The van der Waals surface area contributed by atoms with Crippen molar-refractivity contribution in [3.8, 4) is 23.0 Å². The highest BCUT2D eigenvalue weighted by molar-refractivity contribution is 5.98. The molecule has 1 fully saturated rings. The molecule has 0 saturated carbocycles. The van der Waals surface area contributed by atoms with E-state index in [4.69, 9.17) is 18.9 Å². The number of hydrogen-bond acceptors (Lipinski definition) is 6. The van der Waals surface area contributed by atoms with Gasteiger partial charge in [-0.15, -0.1) is 0 Å². The van der Waals surface area contributed by atoms with Crippen LogP contribution in [0, 0.1) is 5.92 Å². The standard InChI is InChI=1S/C27H36N2O6/c1-6-34-23-9-7-8-10-24(23)35-20-11-13-29(14-12-20)27(31)25(18(2)3)28-26(30)19-15-21(32-4)17-22(16-19)33-5/h7-10,15-18,20,25H,6,11-14H2,1-5H3,(H,28,30).